The molecule has 1 aliphatic heterocycles. The van der Waals surface area contributed by atoms with Crippen LogP contribution < -0.4 is 15.8 Å². The van der Waals surface area contributed by atoms with Crippen molar-refractivity contribution in [1.82, 2.24) is 5.32 Å². The van der Waals surface area contributed by atoms with E-state index in [0.717, 1.165) is 11.1 Å². The molecule has 6 N–H and O–H groups in total. The van der Waals surface area contributed by atoms with Gasteiger partial charge in [0.05, 0.1) is 6.04 Å². The zero-order chi connectivity index (χ0) is 19.4. The van der Waals surface area contributed by atoms with E-state index in [4.69, 9.17) is 26.1 Å². The number of amides is 1. The van der Waals surface area contributed by atoms with Gasteiger partial charge >= 0.3 is 0 Å². The number of hydrogen-bond donors (Lipinski definition) is 5. The lowest BCUT2D eigenvalue weighted by Gasteiger charge is -2.13. The van der Waals surface area contributed by atoms with Crippen LogP contribution >= 0.6 is 0 Å². The number of amidine groups is 1. The first-order chi connectivity index (χ1) is 12.9. The number of nitrogen functional groups attached to an aromatic ring is 1. The average molecular weight is 369 g/mol. The number of benzene rings is 2. The molecule has 2 aromatic rings. The summed E-state index contributed by atoms with van der Waals surface area (Å²) in [4.78, 5) is 11.8. The summed E-state index contributed by atoms with van der Waals surface area (Å²) in [6, 6.07) is 14.9. The van der Waals surface area contributed by atoms with E-state index in [1.54, 1.807) is 0 Å². The third-order valence-corrected chi connectivity index (χ3v) is 4.62. The molecule has 3 rings (SSSR count). The summed E-state index contributed by atoms with van der Waals surface area (Å²) in [5.74, 6) is 0.180. The van der Waals surface area contributed by atoms with Crippen molar-refractivity contribution in [3.63, 3.8) is 0 Å². The van der Waals surface area contributed by atoms with Crippen LogP contribution in [0.1, 0.15) is 18.4 Å². The molecule has 7 heteroatoms. The number of ether oxygens (including phenoxy) is 1. The molecule has 27 heavy (non-hydrogen) atoms. The fraction of sp³-hybridized carbons (Fsp3) is 0.300. The Labute approximate surface area is 157 Å². The number of aliphatic hydroxyl groups excluding tert-OH is 1. The maximum absolute atomic E-state index is 11.8. The Morgan fingerprint density at radius 1 is 1.15 bits per heavy atom. The third kappa shape index (κ3) is 4.84. The molecule has 1 unspecified atom stereocenters. The first kappa shape index (κ1) is 18.9. The molecule has 0 saturated carbocycles. The van der Waals surface area contributed by atoms with Gasteiger partial charge in [-0.05, 0) is 29.7 Å². The Morgan fingerprint density at radius 3 is 2.30 bits per heavy atom. The number of rotatable bonds is 7. The van der Waals surface area contributed by atoms with Gasteiger partial charge in [-0.25, -0.2) is 0 Å². The van der Waals surface area contributed by atoms with Crippen molar-refractivity contribution in [2.24, 2.45) is 11.7 Å². The van der Waals surface area contributed by atoms with Gasteiger partial charge in [-0.2, -0.15) is 0 Å². The van der Waals surface area contributed by atoms with E-state index < -0.39 is 6.29 Å². The molecular weight excluding hydrogens is 346 g/mol. The Bertz CT molecular complexity index is 803. The van der Waals surface area contributed by atoms with Crippen molar-refractivity contribution in [3.05, 3.63) is 54.1 Å². The van der Waals surface area contributed by atoms with E-state index in [1.807, 2.05) is 48.5 Å². The van der Waals surface area contributed by atoms with Crippen LogP contribution in [-0.4, -0.2) is 40.9 Å². The molecule has 7 nitrogen and oxygen atoms in total. The molecule has 0 aliphatic carbocycles. The molecule has 1 saturated heterocycles. The highest BCUT2D eigenvalue weighted by Crippen LogP contribution is 2.24. The second-order valence-electron chi connectivity index (χ2n) is 6.68. The van der Waals surface area contributed by atoms with E-state index >= 15 is 0 Å². The Hall–Kier alpha value is -2.90. The molecule has 1 fully saturated rings. The van der Waals surface area contributed by atoms with E-state index in [9.17, 15) is 4.79 Å². The van der Waals surface area contributed by atoms with E-state index in [-0.39, 0.29) is 30.1 Å². The van der Waals surface area contributed by atoms with Gasteiger partial charge in [-0.3, -0.25) is 10.2 Å². The normalized spacial score (nSPS) is 19.1. The summed E-state index contributed by atoms with van der Waals surface area (Å²) in [7, 11) is 0. The Morgan fingerprint density at radius 2 is 1.74 bits per heavy atom. The zero-order valence-electron chi connectivity index (χ0n) is 14.8. The van der Waals surface area contributed by atoms with Crippen molar-refractivity contribution in [1.29, 1.82) is 5.41 Å². The predicted octanol–water partition coefficient (Wildman–Crippen LogP) is 1.22. The first-order valence-electron chi connectivity index (χ1n) is 8.76. The van der Waals surface area contributed by atoms with Crippen LogP contribution in [0.4, 0.5) is 0 Å². The van der Waals surface area contributed by atoms with Gasteiger partial charge in [0.2, 0.25) is 5.91 Å². The summed E-state index contributed by atoms with van der Waals surface area (Å²) in [5, 5.41) is 28.3. The standard InChI is InChI=1S/C20H23N3O4/c21-19(22)14-3-1-12(2-4-14)13-5-7-17(8-6-13)27-11-16-9-15(10-18(24)25)20(26)23-16/h1-8,15-16,18,24-25H,9-11H2,(H3,21,22)(H,23,26)/t15-,16?/m0/s1. The molecule has 2 aromatic carbocycles. The number of aliphatic hydroxyl groups is 2. The fourth-order valence-electron chi connectivity index (χ4n) is 3.18. The van der Waals surface area contributed by atoms with Crippen molar-refractivity contribution in [3.8, 4) is 16.9 Å². The van der Waals surface area contributed by atoms with E-state index in [2.05, 4.69) is 5.32 Å². The lowest BCUT2D eigenvalue weighted by Crippen LogP contribution is -2.31. The Kier molecular flexibility index (Phi) is 5.73. The smallest absolute Gasteiger partial charge is 0.223 e. The van der Waals surface area contributed by atoms with Crippen LogP contribution in [0.25, 0.3) is 11.1 Å². The van der Waals surface area contributed by atoms with Crippen molar-refractivity contribution < 1.29 is 19.7 Å². The fourth-order valence-corrected chi connectivity index (χ4v) is 3.18. The Balaban J connectivity index is 1.55. The molecule has 0 spiro atoms. The van der Waals surface area contributed by atoms with Crippen LogP contribution in [0, 0.1) is 11.3 Å². The second kappa shape index (κ2) is 8.20. The SMILES string of the molecule is N=C(N)c1ccc(-c2ccc(OCC3C[C@@H](CC(O)O)C(=O)N3)cc2)cc1. The largest absolute Gasteiger partial charge is 0.491 e. The maximum Gasteiger partial charge on any atom is 0.223 e. The molecule has 142 valence electrons. The maximum atomic E-state index is 11.8. The van der Waals surface area contributed by atoms with E-state index in [0.29, 0.717) is 24.3 Å². The van der Waals surface area contributed by atoms with Gasteiger partial charge in [-0.1, -0.05) is 36.4 Å². The van der Waals surface area contributed by atoms with Crippen LogP contribution in [0.15, 0.2) is 48.5 Å². The molecule has 0 bridgehead atoms. The van der Waals surface area contributed by atoms with Gasteiger partial charge in [-0.15, -0.1) is 0 Å². The lowest BCUT2D eigenvalue weighted by molar-refractivity contribution is -0.126. The molecule has 0 aromatic heterocycles. The topological polar surface area (TPSA) is 129 Å². The minimum absolute atomic E-state index is 0.0411. The second-order valence-corrected chi connectivity index (χ2v) is 6.68. The third-order valence-electron chi connectivity index (χ3n) is 4.62. The molecular formula is C20H23N3O4. The average Bonchev–Trinajstić information content (AvgIpc) is 2.99. The minimum Gasteiger partial charge on any atom is -0.491 e. The predicted molar refractivity (Wildman–Crippen MR) is 101 cm³/mol. The summed E-state index contributed by atoms with van der Waals surface area (Å²) in [6.07, 6.45) is -0.909. The van der Waals surface area contributed by atoms with Gasteiger partial charge in [0.15, 0.2) is 6.29 Å². The molecule has 1 heterocycles. The van der Waals surface area contributed by atoms with Gasteiger partial charge < -0.3 is 26.0 Å². The first-order valence-corrected chi connectivity index (χ1v) is 8.76. The van der Waals surface area contributed by atoms with Crippen LogP contribution in [0.5, 0.6) is 5.75 Å². The summed E-state index contributed by atoms with van der Waals surface area (Å²) < 4.78 is 5.75. The molecule has 1 amide bonds. The van der Waals surface area contributed by atoms with Crippen LogP contribution in [0.3, 0.4) is 0 Å². The monoisotopic (exact) mass is 369 g/mol. The number of carbonyl (C=O) groups is 1. The quantitative estimate of drug-likeness (QED) is 0.285. The minimum atomic E-state index is -1.47. The highest BCUT2D eigenvalue weighted by atomic mass is 16.5. The summed E-state index contributed by atoms with van der Waals surface area (Å²) >= 11 is 0. The van der Waals surface area contributed by atoms with Crippen LogP contribution in [-0.2, 0) is 4.79 Å². The summed E-state index contributed by atoms with van der Waals surface area (Å²) in [6.45, 7) is 0.330. The number of hydrogen-bond acceptors (Lipinski definition) is 5. The van der Waals surface area contributed by atoms with Gasteiger partial charge in [0.25, 0.3) is 0 Å². The zero-order valence-corrected chi connectivity index (χ0v) is 14.8. The summed E-state index contributed by atoms with van der Waals surface area (Å²) in [5.41, 5.74) is 8.18. The number of carbonyl (C=O) groups excluding carboxylic acids is 1. The molecule has 1 aliphatic rings. The van der Waals surface area contributed by atoms with Gasteiger partial charge in [0.1, 0.15) is 18.2 Å². The molecule has 2 atom stereocenters. The van der Waals surface area contributed by atoms with Crippen molar-refractivity contribution in [2.75, 3.05) is 6.61 Å². The van der Waals surface area contributed by atoms with Gasteiger partial charge in [0, 0.05) is 17.9 Å². The highest BCUT2D eigenvalue weighted by molar-refractivity contribution is 5.95. The number of nitrogens with one attached hydrogen (secondary N) is 2. The van der Waals surface area contributed by atoms with Crippen molar-refractivity contribution >= 4 is 11.7 Å². The van der Waals surface area contributed by atoms with E-state index in [1.165, 1.54) is 0 Å². The van der Waals surface area contributed by atoms with Crippen molar-refractivity contribution in [2.45, 2.75) is 25.2 Å². The van der Waals surface area contributed by atoms with Crippen LogP contribution in [0.2, 0.25) is 0 Å². The lowest BCUT2D eigenvalue weighted by atomic mass is 10.0. The highest BCUT2D eigenvalue weighted by Gasteiger charge is 2.33. The molecule has 0 radical (unpaired) electrons. The number of nitrogens with two attached hydrogens (primary N) is 1.